The molecule has 0 amide bonds. The van der Waals surface area contributed by atoms with Gasteiger partial charge in [-0.05, 0) is 11.4 Å². The highest BCUT2D eigenvalue weighted by Gasteiger charge is 2.04. The van der Waals surface area contributed by atoms with Crippen LogP contribution in [0.5, 0.6) is 0 Å². The molecule has 0 saturated carbocycles. The summed E-state index contributed by atoms with van der Waals surface area (Å²) in [7, 11) is -3.67. The largest absolute Gasteiger partial charge is 0.313 e. The fourth-order valence-corrected chi connectivity index (χ4v) is 1.66. The molecule has 1 heterocycles. The molecule has 0 aliphatic rings. The summed E-state index contributed by atoms with van der Waals surface area (Å²) in [6.45, 7) is 5.07. The molecule has 1 aromatic heterocycles. The van der Waals surface area contributed by atoms with Crippen molar-refractivity contribution in [3.05, 3.63) is 35.0 Å². The SMILES string of the molecule is C=CCNCCC(=O)c1cccs1.CS(=O)(=O)O.Cl. The first-order valence-electron chi connectivity index (χ1n) is 5.15. The number of ketones is 1. The van der Waals surface area contributed by atoms with Gasteiger partial charge in [0.25, 0.3) is 10.1 Å². The van der Waals surface area contributed by atoms with Crippen molar-refractivity contribution < 1.29 is 17.8 Å². The van der Waals surface area contributed by atoms with Crippen LogP contribution in [0.4, 0.5) is 0 Å². The summed E-state index contributed by atoms with van der Waals surface area (Å²) in [5.41, 5.74) is 0. The Kier molecular flexibility index (Phi) is 12.1. The molecule has 0 fully saturated rings. The second-order valence-corrected chi connectivity index (χ2v) is 5.79. The maximum absolute atomic E-state index is 11.4. The first kappa shape index (κ1) is 20.6. The normalized spacial score (nSPS) is 9.79. The van der Waals surface area contributed by atoms with Gasteiger partial charge >= 0.3 is 0 Å². The minimum Gasteiger partial charge on any atom is -0.313 e. The van der Waals surface area contributed by atoms with Crippen molar-refractivity contribution in [1.82, 2.24) is 5.32 Å². The quantitative estimate of drug-likeness (QED) is 0.361. The van der Waals surface area contributed by atoms with Crippen molar-refractivity contribution >= 4 is 39.6 Å². The van der Waals surface area contributed by atoms with Crippen molar-refractivity contribution in [2.45, 2.75) is 6.42 Å². The molecule has 0 bridgehead atoms. The highest BCUT2D eigenvalue weighted by molar-refractivity contribution is 7.85. The summed E-state index contributed by atoms with van der Waals surface area (Å²) in [5, 5.41) is 5.01. The van der Waals surface area contributed by atoms with Gasteiger partial charge in [-0.15, -0.1) is 30.3 Å². The molecular weight excluding hydrogens is 310 g/mol. The second-order valence-electron chi connectivity index (χ2n) is 3.38. The average molecular weight is 328 g/mol. The molecule has 0 radical (unpaired) electrons. The van der Waals surface area contributed by atoms with Crippen LogP contribution in [0.3, 0.4) is 0 Å². The first-order valence-corrected chi connectivity index (χ1v) is 7.88. The summed E-state index contributed by atoms with van der Waals surface area (Å²) in [4.78, 5) is 12.3. The number of halogens is 1. The Morgan fingerprint density at radius 2 is 2.16 bits per heavy atom. The standard InChI is InChI=1S/C10H13NOS.CH4O3S.ClH/c1-2-6-11-7-5-9(12)10-4-3-8-13-10;1-5(2,3)4;/h2-4,8,11H,1,5-7H2;1H3,(H,2,3,4);1H. The number of rotatable bonds is 6. The lowest BCUT2D eigenvalue weighted by atomic mass is 10.2. The number of hydrogen-bond donors (Lipinski definition) is 2. The molecule has 0 aliphatic carbocycles. The maximum Gasteiger partial charge on any atom is 0.261 e. The Hall–Kier alpha value is -0.730. The highest BCUT2D eigenvalue weighted by atomic mass is 35.5. The van der Waals surface area contributed by atoms with Crippen LogP contribution in [0, 0.1) is 0 Å². The molecule has 0 unspecified atom stereocenters. The number of carbonyl (C=O) groups is 1. The van der Waals surface area contributed by atoms with E-state index < -0.39 is 10.1 Å². The Morgan fingerprint density at radius 1 is 1.58 bits per heavy atom. The molecule has 110 valence electrons. The van der Waals surface area contributed by atoms with Gasteiger partial charge in [-0.2, -0.15) is 8.42 Å². The molecule has 0 saturated heterocycles. The fourth-order valence-electron chi connectivity index (χ4n) is 0.966. The molecule has 0 aliphatic heterocycles. The van der Waals surface area contributed by atoms with E-state index in [2.05, 4.69) is 11.9 Å². The Labute approximate surface area is 123 Å². The minimum absolute atomic E-state index is 0. The molecule has 1 aromatic rings. The van der Waals surface area contributed by atoms with Crippen LogP contribution in [-0.4, -0.2) is 38.1 Å². The Bertz CT molecular complexity index is 449. The predicted molar refractivity (Wildman–Crippen MR) is 81.1 cm³/mol. The third-order valence-electron chi connectivity index (χ3n) is 1.61. The molecule has 5 nitrogen and oxygen atoms in total. The lowest BCUT2D eigenvalue weighted by molar-refractivity contribution is 0.0987. The number of hydrogen-bond acceptors (Lipinski definition) is 5. The minimum atomic E-state index is -3.67. The zero-order chi connectivity index (χ0) is 14.0. The topological polar surface area (TPSA) is 83.5 Å². The van der Waals surface area contributed by atoms with E-state index in [1.54, 1.807) is 6.08 Å². The lowest BCUT2D eigenvalue weighted by Gasteiger charge is -1.98. The van der Waals surface area contributed by atoms with Crippen molar-refractivity contribution in [3.8, 4) is 0 Å². The van der Waals surface area contributed by atoms with E-state index >= 15 is 0 Å². The van der Waals surface area contributed by atoms with Gasteiger partial charge in [0.05, 0.1) is 11.1 Å². The average Bonchev–Trinajstić information content (AvgIpc) is 2.75. The van der Waals surface area contributed by atoms with Gasteiger partial charge in [-0.1, -0.05) is 12.1 Å². The second kappa shape index (κ2) is 11.1. The molecule has 1 rings (SSSR count). The number of thiophene rings is 1. The van der Waals surface area contributed by atoms with Crippen LogP contribution in [0.15, 0.2) is 30.2 Å². The molecule has 0 spiro atoms. The van der Waals surface area contributed by atoms with E-state index in [-0.39, 0.29) is 18.2 Å². The molecule has 8 heteroatoms. The van der Waals surface area contributed by atoms with Crippen LogP contribution < -0.4 is 5.32 Å². The van der Waals surface area contributed by atoms with E-state index in [4.69, 9.17) is 4.55 Å². The summed E-state index contributed by atoms with van der Waals surface area (Å²) < 4.78 is 25.9. The van der Waals surface area contributed by atoms with Gasteiger partial charge in [0, 0.05) is 19.5 Å². The summed E-state index contributed by atoms with van der Waals surface area (Å²) in [5.74, 6) is 0.214. The van der Waals surface area contributed by atoms with Crippen molar-refractivity contribution in [1.29, 1.82) is 0 Å². The van der Waals surface area contributed by atoms with Crippen molar-refractivity contribution in [3.63, 3.8) is 0 Å². The molecule has 0 atom stereocenters. The summed E-state index contributed by atoms with van der Waals surface area (Å²) in [6.07, 6.45) is 3.07. The zero-order valence-electron chi connectivity index (χ0n) is 10.5. The molecular formula is C11H18ClNO4S2. The molecule has 0 aromatic carbocycles. The van der Waals surface area contributed by atoms with Gasteiger partial charge < -0.3 is 5.32 Å². The Balaban J connectivity index is 0. The van der Waals surface area contributed by atoms with Gasteiger partial charge in [-0.3, -0.25) is 9.35 Å². The van der Waals surface area contributed by atoms with Crippen molar-refractivity contribution in [2.75, 3.05) is 19.3 Å². The lowest BCUT2D eigenvalue weighted by Crippen LogP contribution is -2.17. The van der Waals surface area contributed by atoms with E-state index in [0.717, 1.165) is 18.0 Å². The third-order valence-corrected chi connectivity index (χ3v) is 2.52. The van der Waals surface area contributed by atoms with Gasteiger partial charge in [0.1, 0.15) is 0 Å². The molecule has 2 N–H and O–H groups in total. The van der Waals surface area contributed by atoms with Crippen LogP contribution in [0.1, 0.15) is 16.1 Å². The van der Waals surface area contributed by atoms with E-state index in [9.17, 15) is 13.2 Å². The number of Topliss-reactive ketones (excluding diaryl/α,β-unsaturated/α-hetero) is 1. The first-order chi connectivity index (χ1) is 8.34. The fraction of sp³-hybridized carbons (Fsp3) is 0.364. The highest BCUT2D eigenvalue weighted by Crippen LogP contribution is 2.10. The smallest absolute Gasteiger partial charge is 0.261 e. The monoisotopic (exact) mass is 327 g/mol. The van der Waals surface area contributed by atoms with Crippen LogP contribution in [0.2, 0.25) is 0 Å². The maximum atomic E-state index is 11.4. The van der Waals surface area contributed by atoms with Crippen molar-refractivity contribution in [2.24, 2.45) is 0 Å². The molecule has 19 heavy (non-hydrogen) atoms. The van der Waals surface area contributed by atoms with E-state index in [1.807, 2.05) is 17.5 Å². The Morgan fingerprint density at radius 3 is 2.58 bits per heavy atom. The predicted octanol–water partition coefficient (Wildman–Crippen LogP) is 2.02. The van der Waals surface area contributed by atoms with Gasteiger partial charge in [-0.25, -0.2) is 0 Å². The zero-order valence-corrected chi connectivity index (χ0v) is 13.0. The van der Waals surface area contributed by atoms with Crippen LogP contribution in [0.25, 0.3) is 0 Å². The summed E-state index contributed by atoms with van der Waals surface area (Å²) >= 11 is 1.50. The van der Waals surface area contributed by atoms with Gasteiger partial charge in [0.2, 0.25) is 0 Å². The number of carbonyl (C=O) groups excluding carboxylic acids is 1. The van der Waals surface area contributed by atoms with Crippen LogP contribution >= 0.6 is 23.7 Å². The third kappa shape index (κ3) is 15.2. The number of nitrogens with one attached hydrogen (secondary N) is 1. The van der Waals surface area contributed by atoms with E-state index in [0.29, 0.717) is 12.7 Å². The summed E-state index contributed by atoms with van der Waals surface area (Å²) in [6, 6.07) is 3.76. The van der Waals surface area contributed by atoms with E-state index in [1.165, 1.54) is 11.3 Å². The van der Waals surface area contributed by atoms with Crippen LogP contribution in [-0.2, 0) is 10.1 Å². The van der Waals surface area contributed by atoms with Gasteiger partial charge in [0.15, 0.2) is 5.78 Å².